The standard InChI is InChI=1S/C23H17ClI2N2O4S/c1-3-32-22(31)18-11(2)27-23-28(19(18)13-4-6-14(24)7-5-13)21(30)17(33-23)10-12-8-15(25)20(29)16(26)9-12/h4-10,19,29H,3H2,1-2H3/b17-10-/t19-/m1/s1. The summed E-state index contributed by atoms with van der Waals surface area (Å²) >= 11 is 11.4. The Morgan fingerprint density at radius 1 is 1.27 bits per heavy atom. The predicted octanol–water partition coefficient (Wildman–Crippen LogP) is 4.37. The lowest BCUT2D eigenvalue weighted by atomic mass is 9.96. The zero-order valence-corrected chi connectivity index (χ0v) is 23.3. The van der Waals surface area contributed by atoms with E-state index in [0.717, 1.165) is 11.1 Å². The van der Waals surface area contributed by atoms with Crippen molar-refractivity contribution in [3.8, 4) is 5.75 Å². The second kappa shape index (κ2) is 9.88. The van der Waals surface area contributed by atoms with Crippen LogP contribution in [0.2, 0.25) is 5.02 Å². The SMILES string of the molecule is CCOC(=O)C1=C(C)N=c2s/c(=C\c3cc(I)c(O)c(I)c3)c(=O)n2[C@@H]1c1ccc(Cl)cc1. The molecular formula is C23H17ClI2N2O4S. The number of esters is 1. The second-order valence-electron chi connectivity index (χ2n) is 7.19. The Bertz CT molecular complexity index is 1450. The van der Waals surface area contributed by atoms with E-state index in [1.54, 1.807) is 44.2 Å². The minimum Gasteiger partial charge on any atom is -0.506 e. The molecule has 4 rings (SSSR count). The average Bonchev–Trinajstić information content (AvgIpc) is 3.06. The van der Waals surface area contributed by atoms with Gasteiger partial charge in [0.2, 0.25) is 0 Å². The van der Waals surface area contributed by atoms with E-state index in [0.29, 0.717) is 32.8 Å². The molecule has 0 spiro atoms. The van der Waals surface area contributed by atoms with Gasteiger partial charge >= 0.3 is 5.97 Å². The topological polar surface area (TPSA) is 80.9 Å². The number of phenols is 1. The number of thiazole rings is 1. The summed E-state index contributed by atoms with van der Waals surface area (Å²) in [5, 5.41) is 10.6. The molecule has 0 fully saturated rings. The van der Waals surface area contributed by atoms with Gasteiger partial charge in [-0.05, 0) is 100 Å². The molecule has 170 valence electrons. The fourth-order valence-electron chi connectivity index (χ4n) is 3.57. The predicted molar refractivity (Wildman–Crippen MR) is 145 cm³/mol. The first-order valence-electron chi connectivity index (χ1n) is 9.84. The lowest BCUT2D eigenvalue weighted by Gasteiger charge is -2.24. The Hall–Kier alpha value is -1.70. The number of aromatic nitrogens is 1. The maximum absolute atomic E-state index is 13.6. The number of carbonyl (C=O) groups excluding carboxylic acids is 1. The van der Waals surface area contributed by atoms with Crippen molar-refractivity contribution in [1.29, 1.82) is 0 Å². The number of allylic oxidation sites excluding steroid dienone is 1. The van der Waals surface area contributed by atoms with Gasteiger partial charge in [0.15, 0.2) is 4.80 Å². The Balaban J connectivity index is 1.96. The molecule has 33 heavy (non-hydrogen) atoms. The third-order valence-electron chi connectivity index (χ3n) is 5.04. The summed E-state index contributed by atoms with van der Waals surface area (Å²) in [6, 6.07) is 9.99. The molecule has 10 heteroatoms. The van der Waals surface area contributed by atoms with E-state index in [1.165, 1.54) is 15.9 Å². The van der Waals surface area contributed by atoms with Crippen LogP contribution in [-0.2, 0) is 9.53 Å². The summed E-state index contributed by atoms with van der Waals surface area (Å²) in [5.74, 6) is -0.289. The maximum Gasteiger partial charge on any atom is 0.338 e. The number of nitrogens with zero attached hydrogens (tertiary/aromatic N) is 2. The number of ether oxygens (including phenoxy) is 1. The highest BCUT2D eigenvalue weighted by Crippen LogP contribution is 2.31. The average molecular weight is 707 g/mol. The monoisotopic (exact) mass is 706 g/mol. The minimum atomic E-state index is -0.681. The van der Waals surface area contributed by atoms with Gasteiger partial charge in [0.1, 0.15) is 5.75 Å². The summed E-state index contributed by atoms with van der Waals surface area (Å²) in [6.45, 7) is 3.70. The molecule has 2 heterocycles. The van der Waals surface area contributed by atoms with Crippen LogP contribution in [-0.4, -0.2) is 22.2 Å². The van der Waals surface area contributed by atoms with Crippen LogP contribution in [0.3, 0.4) is 0 Å². The van der Waals surface area contributed by atoms with Gasteiger partial charge in [-0.1, -0.05) is 35.1 Å². The molecule has 1 aromatic heterocycles. The van der Waals surface area contributed by atoms with Crippen molar-refractivity contribution in [2.24, 2.45) is 4.99 Å². The minimum absolute atomic E-state index is 0.214. The third kappa shape index (κ3) is 4.77. The Morgan fingerprint density at radius 2 is 1.91 bits per heavy atom. The van der Waals surface area contributed by atoms with E-state index in [2.05, 4.69) is 50.2 Å². The molecule has 6 nitrogen and oxygen atoms in total. The first kappa shape index (κ1) is 24.4. The quantitative estimate of drug-likeness (QED) is 0.323. The Labute approximate surface area is 225 Å². The molecule has 0 saturated heterocycles. The summed E-state index contributed by atoms with van der Waals surface area (Å²) < 4.78 is 8.69. The highest BCUT2D eigenvalue weighted by Gasteiger charge is 2.33. The smallest absolute Gasteiger partial charge is 0.338 e. The van der Waals surface area contributed by atoms with Gasteiger partial charge < -0.3 is 9.84 Å². The van der Waals surface area contributed by atoms with E-state index in [4.69, 9.17) is 16.3 Å². The molecule has 1 aliphatic heterocycles. The van der Waals surface area contributed by atoms with Gasteiger partial charge in [0.25, 0.3) is 5.56 Å². The fourth-order valence-corrected chi connectivity index (χ4v) is 6.56. The van der Waals surface area contributed by atoms with Crippen LogP contribution in [0.1, 0.15) is 31.0 Å². The highest BCUT2D eigenvalue weighted by molar-refractivity contribution is 14.1. The normalized spacial score (nSPS) is 15.9. The van der Waals surface area contributed by atoms with Gasteiger partial charge in [-0.25, -0.2) is 9.79 Å². The molecule has 0 aliphatic carbocycles. The van der Waals surface area contributed by atoms with Crippen LogP contribution >= 0.6 is 68.1 Å². The highest BCUT2D eigenvalue weighted by atomic mass is 127. The maximum atomic E-state index is 13.6. The zero-order chi connectivity index (χ0) is 23.9. The van der Waals surface area contributed by atoms with Crippen molar-refractivity contribution in [3.05, 3.63) is 90.6 Å². The third-order valence-corrected chi connectivity index (χ3v) is 7.92. The molecular weight excluding hydrogens is 690 g/mol. The van der Waals surface area contributed by atoms with E-state index in [9.17, 15) is 14.7 Å². The van der Waals surface area contributed by atoms with Crippen LogP contribution in [0.15, 0.2) is 57.5 Å². The van der Waals surface area contributed by atoms with Crippen LogP contribution in [0.4, 0.5) is 0 Å². The first-order valence-corrected chi connectivity index (χ1v) is 13.2. The lowest BCUT2D eigenvalue weighted by molar-refractivity contribution is -0.139. The van der Waals surface area contributed by atoms with Crippen molar-refractivity contribution >= 4 is 80.2 Å². The van der Waals surface area contributed by atoms with E-state index in [-0.39, 0.29) is 17.9 Å². The molecule has 0 saturated carbocycles. The summed E-state index contributed by atoms with van der Waals surface area (Å²) in [4.78, 5) is 31.5. The number of fused-ring (bicyclic) bond motifs is 1. The van der Waals surface area contributed by atoms with Gasteiger partial charge in [-0.2, -0.15) is 0 Å². The number of hydrogen-bond acceptors (Lipinski definition) is 6. The van der Waals surface area contributed by atoms with Crippen LogP contribution in [0.5, 0.6) is 5.75 Å². The van der Waals surface area contributed by atoms with Gasteiger partial charge in [0.05, 0.1) is 35.6 Å². The number of phenolic OH excluding ortho intramolecular Hbond substituents is 1. The number of aromatic hydroxyl groups is 1. The van der Waals surface area contributed by atoms with E-state index < -0.39 is 12.0 Å². The summed E-state index contributed by atoms with van der Waals surface area (Å²) in [7, 11) is 0. The van der Waals surface area contributed by atoms with Crippen LogP contribution in [0, 0.1) is 7.14 Å². The summed E-state index contributed by atoms with van der Waals surface area (Å²) in [5.41, 5.74) is 2.10. The molecule has 0 amide bonds. The van der Waals surface area contributed by atoms with Crippen molar-refractivity contribution < 1.29 is 14.6 Å². The molecule has 0 unspecified atom stereocenters. The van der Waals surface area contributed by atoms with Crippen molar-refractivity contribution in [1.82, 2.24) is 4.57 Å². The van der Waals surface area contributed by atoms with Gasteiger partial charge in [-0.15, -0.1) is 0 Å². The fraction of sp³-hybridized carbons (Fsp3) is 0.174. The number of halogens is 3. The molecule has 0 radical (unpaired) electrons. The first-order chi connectivity index (χ1) is 15.7. The molecule has 0 bridgehead atoms. The van der Waals surface area contributed by atoms with Crippen molar-refractivity contribution in [3.63, 3.8) is 0 Å². The molecule has 2 aromatic carbocycles. The molecule has 3 aromatic rings. The Kier molecular flexibility index (Phi) is 7.32. The number of benzene rings is 2. The number of carbonyl (C=O) groups is 1. The van der Waals surface area contributed by atoms with Crippen molar-refractivity contribution in [2.45, 2.75) is 19.9 Å². The number of hydrogen-bond donors (Lipinski definition) is 1. The van der Waals surface area contributed by atoms with Crippen LogP contribution in [0.25, 0.3) is 6.08 Å². The largest absolute Gasteiger partial charge is 0.506 e. The second-order valence-corrected chi connectivity index (χ2v) is 11.0. The molecule has 1 N–H and O–H groups in total. The van der Waals surface area contributed by atoms with Crippen LogP contribution < -0.4 is 14.9 Å². The van der Waals surface area contributed by atoms with Crippen molar-refractivity contribution in [2.75, 3.05) is 6.61 Å². The van der Waals surface area contributed by atoms with E-state index in [1.807, 2.05) is 12.1 Å². The molecule has 1 aliphatic rings. The lowest BCUT2D eigenvalue weighted by Crippen LogP contribution is -2.39. The van der Waals surface area contributed by atoms with Gasteiger partial charge in [-0.3, -0.25) is 9.36 Å². The zero-order valence-electron chi connectivity index (χ0n) is 17.4. The Morgan fingerprint density at radius 3 is 2.52 bits per heavy atom. The van der Waals surface area contributed by atoms with Gasteiger partial charge in [0, 0.05) is 5.02 Å². The number of rotatable bonds is 4. The molecule has 1 atom stereocenters. The summed E-state index contributed by atoms with van der Waals surface area (Å²) in [6.07, 6.45) is 1.77. The van der Waals surface area contributed by atoms with E-state index >= 15 is 0 Å².